The summed E-state index contributed by atoms with van der Waals surface area (Å²) in [4.78, 5) is 23.6. The van der Waals surface area contributed by atoms with Gasteiger partial charge in [-0.05, 0) is 6.42 Å². The summed E-state index contributed by atoms with van der Waals surface area (Å²) in [6, 6.07) is 0.278. The van der Waals surface area contributed by atoms with Crippen molar-refractivity contribution in [3.05, 3.63) is 0 Å². The summed E-state index contributed by atoms with van der Waals surface area (Å²) in [5.74, 6) is -0.562. The standard InChI is InChI=1S/C10H20N4O2/c11-9(15)2-1-8-7-13-4-6-14(8)5-3-10(12)16/h8,13H,1-7H2,(H2,11,15)(H2,12,16). The van der Waals surface area contributed by atoms with Crippen molar-refractivity contribution < 1.29 is 9.59 Å². The molecule has 2 amide bonds. The molecule has 92 valence electrons. The van der Waals surface area contributed by atoms with E-state index in [-0.39, 0.29) is 17.9 Å². The molecule has 1 fully saturated rings. The third kappa shape index (κ3) is 4.59. The van der Waals surface area contributed by atoms with Gasteiger partial charge in [0, 0.05) is 45.1 Å². The Labute approximate surface area is 95.3 Å². The van der Waals surface area contributed by atoms with Crippen molar-refractivity contribution in [1.29, 1.82) is 0 Å². The van der Waals surface area contributed by atoms with E-state index in [9.17, 15) is 9.59 Å². The van der Waals surface area contributed by atoms with Crippen molar-refractivity contribution in [1.82, 2.24) is 10.2 Å². The van der Waals surface area contributed by atoms with E-state index in [1.165, 1.54) is 0 Å². The van der Waals surface area contributed by atoms with Crippen LogP contribution in [0.1, 0.15) is 19.3 Å². The second-order valence-electron chi connectivity index (χ2n) is 4.12. The highest BCUT2D eigenvalue weighted by atomic mass is 16.1. The molecule has 0 radical (unpaired) electrons. The molecule has 1 aliphatic heterocycles. The lowest BCUT2D eigenvalue weighted by molar-refractivity contribution is -0.119. The summed E-state index contributed by atoms with van der Waals surface area (Å²) in [5.41, 5.74) is 10.2. The first kappa shape index (κ1) is 12.9. The molecule has 0 bridgehead atoms. The molecule has 1 heterocycles. The van der Waals surface area contributed by atoms with Crippen LogP contribution < -0.4 is 16.8 Å². The topological polar surface area (TPSA) is 101 Å². The van der Waals surface area contributed by atoms with Gasteiger partial charge in [-0.1, -0.05) is 0 Å². The molecule has 0 aliphatic carbocycles. The van der Waals surface area contributed by atoms with Gasteiger partial charge in [0.2, 0.25) is 11.8 Å². The van der Waals surface area contributed by atoms with Crippen LogP contribution in [0.15, 0.2) is 0 Å². The van der Waals surface area contributed by atoms with Crippen LogP contribution in [0.25, 0.3) is 0 Å². The van der Waals surface area contributed by atoms with Gasteiger partial charge in [0.1, 0.15) is 0 Å². The van der Waals surface area contributed by atoms with Crippen LogP contribution in [-0.2, 0) is 9.59 Å². The molecule has 1 saturated heterocycles. The van der Waals surface area contributed by atoms with E-state index in [2.05, 4.69) is 10.2 Å². The molecular formula is C10H20N4O2. The normalized spacial score (nSPS) is 21.9. The number of primary amides is 2. The lowest BCUT2D eigenvalue weighted by Crippen LogP contribution is -2.52. The Morgan fingerprint density at radius 1 is 1.25 bits per heavy atom. The number of rotatable bonds is 6. The maximum atomic E-state index is 10.7. The number of hydrogen-bond acceptors (Lipinski definition) is 4. The van der Waals surface area contributed by atoms with Gasteiger partial charge in [0.25, 0.3) is 0 Å². The molecule has 5 N–H and O–H groups in total. The number of carbonyl (C=O) groups excluding carboxylic acids is 2. The van der Waals surface area contributed by atoms with Gasteiger partial charge in [-0.25, -0.2) is 0 Å². The minimum absolute atomic E-state index is 0.277. The van der Waals surface area contributed by atoms with E-state index in [1.807, 2.05) is 0 Å². The van der Waals surface area contributed by atoms with Crippen LogP contribution in [0.4, 0.5) is 0 Å². The number of nitrogens with one attached hydrogen (secondary N) is 1. The first-order chi connectivity index (χ1) is 7.59. The van der Waals surface area contributed by atoms with E-state index in [0.717, 1.165) is 26.1 Å². The molecule has 1 rings (SSSR count). The number of nitrogens with zero attached hydrogens (tertiary/aromatic N) is 1. The molecule has 1 aliphatic rings. The first-order valence-electron chi connectivity index (χ1n) is 5.61. The zero-order valence-corrected chi connectivity index (χ0v) is 9.45. The van der Waals surface area contributed by atoms with Crippen LogP contribution in [-0.4, -0.2) is 48.9 Å². The van der Waals surface area contributed by atoms with Crippen molar-refractivity contribution in [2.75, 3.05) is 26.2 Å². The molecule has 0 aromatic carbocycles. The molecule has 16 heavy (non-hydrogen) atoms. The zero-order valence-electron chi connectivity index (χ0n) is 9.45. The fourth-order valence-electron chi connectivity index (χ4n) is 1.94. The maximum absolute atomic E-state index is 10.7. The molecule has 6 nitrogen and oxygen atoms in total. The number of hydrogen-bond donors (Lipinski definition) is 3. The van der Waals surface area contributed by atoms with Crippen LogP contribution in [0.5, 0.6) is 0 Å². The summed E-state index contributed by atoms with van der Waals surface area (Å²) < 4.78 is 0. The summed E-state index contributed by atoms with van der Waals surface area (Å²) in [6.45, 7) is 3.30. The highest BCUT2D eigenvalue weighted by molar-refractivity contribution is 5.74. The van der Waals surface area contributed by atoms with E-state index in [0.29, 0.717) is 19.4 Å². The Kier molecular flexibility index (Phi) is 5.21. The van der Waals surface area contributed by atoms with Crippen LogP contribution in [0, 0.1) is 0 Å². The average molecular weight is 228 g/mol. The molecular weight excluding hydrogens is 208 g/mol. The SMILES string of the molecule is NC(=O)CCC1CNCCN1CCC(N)=O. The molecule has 0 aromatic rings. The van der Waals surface area contributed by atoms with E-state index in [1.54, 1.807) is 0 Å². The van der Waals surface area contributed by atoms with Crippen LogP contribution >= 0.6 is 0 Å². The minimum Gasteiger partial charge on any atom is -0.370 e. The van der Waals surface area contributed by atoms with Crippen molar-refractivity contribution in [3.63, 3.8) is 0 Å². The Hall–Kier alpha value is -1.14. The smallest absolute Gasteiger partial charge is 0.218 e. The monoisotopic (exact) mass is 228 g/mol. The number of piperazine rings is 1. The second-order valence-corrected chi connectivity index (χ2v) is 4.12. The number of amides is 2. The third-order valence-electron chi connectivity index (χ3n) is 2.84. The molecule has 1 unspecified atom stereocenters. The summed E-state index contributed by atoms with van der Waals surface area (Å²) in [5, 5.41) is 3.27. The number of carbonyl (C=O) groups is 2. The van der Waals surface area contributed by atoms with Gasteiger partial charge in [-0.2, -0.15) is 0 Å². The predicted molar refractivity (Wildman–Crippen MR) is 60.5 cm³/mol. The molecule has 0 saturated carbocycles. The first-order valence-corrected chi connectivity index (χ1v) is 5.61. The minimum atomic E-state index is -0.285. The maximum Gasteiger partial charge on any atom is 0.218 e. The van der Waals surface area contributed by atoms with Gasteiger partial charge in [0.05, 0.1) is 0 Å². The number of nitrogens with two attached hydrogens (primary N) is 2. The van der Waals surface area contributed by atoms with Crippen LogP contribution in [0.3, 0.4) is 0 Å². The molecule has 6 heteroatoms. The summed E-state index contributed by atoms with van der Waals surface area (Å²) >= 11 is 0. The van der Waals surface area contributed by atoms with E-state index >= 15 is 0 Å². The lowest BCUT2D eigenvalue weighted by atomic mass is 10.1. The quantitative estimate of drug-likeness (QED) is 0.509. The highest BCUT2D eigenvalue weighted by Gasteiger charge is 2.22. The van der Waals surface area contributed by atoms with Gasteiger partial charge in [-0.3, -0.25) is 14.5 Å². The van der Waals surface area contributed by atoms with E-state index < -0.39 is 0 Å². The lowest BCUT2D eigenvalue weighted by Gasteiger charge is -2.35. The van der Waals surface area contributed by atoms with Gasteiger partial charge in [-0.15, -0.1) is 0 Å². The predicted octanol–water partition coefficient (Wildman–Crippen LogP) is -1.60. The third-order valence-corrected chi connectivity index (χ3v) is 2.84. The van der Waals surface area contributed by atoms with Gasteiger partial charge >= 0.3 is 0 Å². The molecule has 1 atom stereocenters. The van der Waals surface area contributed by atoms with E-state index in [4.69, 9.17) is 11.5 Å². The highest BCUT2D eigenvalue weighted by Crippen LogP contribution is 2.09. The van der Waals surface area contributed by atoms with Crippen molar-refractivity contribution in [2.24, 2.45) is 11.5 Å². The average Bonchev–Trinajstić information content (AvgIpc) is 2.24. The Morgan fingerprint density at radius 2 is 1.94 bits per heavy atom. The fraction of sp³-hybridized carbons (Fsp3) is 0.800. The largest absolute Gasteiger partial charge is 0.370 e. The Bertz CT molecular complexity index is 231. The Balaban J connectivity index is 2.37. The van der Waals surface area contributed by atoms with Crippen molar-refractivity contribution in [3.8, 4) is 0 Å². The zero-order chi connectivity index (χ0) is 12.0. The second kappa shape index (κ2) is 6.44. The molecule has 0 aromatic heterocycles. The summed E-state index contributed by atoms with van der Waals surface area (Å²) in [7, 11) is 0. The van der Waals surface area contributed by atoms with Gasteiger partial charge < -0.3 is 16.8 Å². The van der Waals surface area contributed by atoms with Gasteiger partial charge in [0.15, 0.2) is 0 Å². The Morgan fingerprint density at radius 3 is 2.56 bits per heavy atom. The fourth-order valence-corrected chi connectivity index (χ4v) is 1.94. The van der Waals surface area contributed by atoms with Crippen molar-refractivity contribution in [2.45, 2.75) is 25.3 Å². The van der Waals surface area contributed by atoms with Crippen molar-refractivity contribution >= 4 is 11.8 Å². The summed E-state index contributed by atoms with van der Waals surface area (Å²) in [6.07, 6.45) is 1.49. The van der Waals surface area contributed by atoms with Crippen LogP contribution in [0.2, 0.25) is 0 Å². The molecule has 0 spiro atoms.